The highest BCUT2D eigenvalue weighted by Crippen LogP contribution is 2.26. The van der Waals surface area contributed by atoms with Crippen molar-refractivity contribution < 1.29 is 33.8 Å². The van der Waals surface area contributed by atoms with Crippen molar-refractivity contribution in [2.45, 2.75) is 19.4 Å². The molecule has 1 aliphatic heterocycles. The van der Waals surface area contributed by atoms with Crippen molar-refractivity contribution in [3.05, 3.63) is 40.1 Å². The van der Waals surface area contributed by atoms with Gasteiger partial charge in [-0.3, -0.25) is 9.59 Å². The second-order valence-corrected chi connectivity index (χ2v) is 7.11. The van der Waals surface area contributed by atoms with Crippen LogP contribution in [0, 0.1) is 0 Å². The highest BCUT2D eigenvalue weighted by atomic mass is 35.5. The summed E-state index contributed by atoms with van der Waals surface area (Å²) in [7, 11) is 2.42. The van der Waals surface area contributed by atoms with Gasteiger partial charge in [0.2, 0.25) is 5.91 Å². The van der Waals surface area contributed by atoms with E-state index >= 15 is 0 Å². The lowest BCUT2D eigenvalue weighted by atomic mass is 10.0. The molecule has 0 saturated heterocycles. The van der Waals surface area contributed by atoms with Crippen molar-refractivity contribution in [1.82, 2.24) is 10.2 Å². The minimum atomic E-state index is -0.951. The van der Waals surface area contributed by atoms with Crippen molar-refractivity contribution in [3.8, 4) is 0 Å². The number of aliphatic hydroxyl groups excluding tert-OH is 1. The van der Waals surface area contributed by atoms with Gasteiger partial charge >= 0.3 is 11.9 Å². The van der Waals surface area contributed by atoms with Gasteiger partial charge in [0, 0.05) is 30.6 Å². The Hall–Kier alpha value is -3.11. The zero-order chi connectivity index (χ0) is 23.1. The van der Waals surface area contributed by atoms with Crippen molar-refractivity contribution in [2.24, 2.45) is 0 Å². The molecule has 1 atom stereocenters. The molecule has 1 aromatic rings. The molecular weight excluding hydrogens is 430 g/mol. The van der Waals surface area contributed by atoms with Gasteiger partial charge in [0.25, 0.3) is 5.91 Å². The first-order chi connectivity index (χ1) is 14.7. The second kappa shape index (κ2) is 10.8. The molecule has 1 unspecified atom stereocenters. The van der Waals surface area contributed by atoms with E-state index in [0.717, 1.165) is 0 Å². The van der Waals surface area contributed by atoms with E-state index in [4.69, 9.17) is 26.2 Å². The van der Waals surface area contributed by atoms with Crippen LogP contribution in [0.25, 0.3) is 0 Å². The number of carbonyl (C=O) groups excluding carboxylic acids is 4. The lowest BCUT2D eigenvalue weighted by Gasteiger charge is -2.18. The van der Waals surface area contributed by atoms with Gasteiger partial charge in [-0.1, -0.05) is 11.6 Å². The molecule has 1 aromatic carbocycles. The standard InChI is InChI=1S/C20H24ClN3O7/c1-11(26)22-16(20(29)31-3)9-12-8-13(4-5-15(12)21)23-17-14(19(28)30-2)10-24(6-7-25)18(17)27/h4-5,8,16,23,25H,6-7,9-10H2,1-3H3,(H,22,26). The van der Waals surface area contributed by atoms with Gasteiger partial charge in [-0.25, -0.2) is 9.59 Å². The predicted molar refractivity (Wildman–Crippen MR) is 111 cm³/mol. The average molecular weight is 454 g/mol. The lowest BCUT2D eigenvalue weighted by molar-refractivity contribution is -0.144. The number of esters is 2. The summed E-state index contributed by atoms with van der Waals surface area (Å²) in [5, 5.41) is 14.9. The quantitative estimate of drug-likeness (QED) is 0.452. The van der Waals surface area contributed by atoms with Crippen molar-refractivity contribution in [3.63, 3.8) is 0 Å². The van der Waals surface area contributed by atoms with Crippen LogP contribution >= 0.6 is 11.6 Å². The molecule has 0 bridgehead atoms. The number of β-amino-alcohol motifs (C(OH)–C–C–N with tert-alkyl or cyclic N) is 1. The maximum absolute atomic E-state index is 12.7. The first kappa shape index (κ1) is 24.2. The first-order valence-electron chi connectivity index (χ1n) is 9.33. The van der Waals surface area contributed by atoms with E-state index in [1.54, 1.807) is 18.2 Å². The number of anilines is 1. The van der Waals surface area contributed by atoms with E-state index in [1.807, 2.05) is 0 Å². The second-order valence-electron chi connectivity index (χ2n) is 6.71. The van der Waals surface area contributed by atoms with Gasteiger partial charge in [0.05, 0.1) is 32.9 Å². The number of aliphatic hydroxyl groups is 1. The molecule has 0 spiro atoms. The molecule has 31 heavy (non-hydrogen) atoms. The zero-order valence-electron chi connectivity index (χ0n) is 17.4. The summed E-state index contributed by atoms with van der Waals surface area (Å²) in [5.41, 5.74) is 1.10. The Kier molecular flexibility index (Phi) is 8.40. The van der Waals surface area contributed by atoms with E-state index in [1.165, 1.54) is 26.0 Å². The third-order valence-electron chi connectivity index (χ3n) is 4.56. The van der Waals surface area contributed by atoms with Crippen LogP contribution in [-0.2, 0) is 35.1 Å². The monoisotopic (exact) mass is 453 g/mol. The van der Waals surface area contributed by atoms with Crippen molar-refractivity contribution in [2.75, 3.05) is 39.2 Å². The maximum atomic E-state index is 12.7. The Morgan fingerprint density at radius 3 is 2.55 bits per heavy atom. The number of halogens is 1. The molecule has 10 nitrogen and oxygen atoms in total. The minimum Gasteiger partial charge on any atom is -0.467 e. The van der Waals surface area contributed by atoms with Crippen molar-refractivity contribution >= 4 is 41.0 Å². The summed E-state index contributed by atoms with van der Waals surface area (Å²) in [6.45, 7) is 1.09. The Labute approximate surface area is 184 Å². The number of amides is 2. The number of rotatable bonds is 9. The third-order valence-corrected chi connectivity index (χ3v) is 4.92. The number of nitrogens with one attached hydrogen (secondary N) is 2. The van der Waals surface area contributed by atoms with Crippen LogP contribution in [0.2, 0.25) is 5.02 Å². The molecular formula is C20H24ClN3O7. The molecule has 0 aliphatic carbocycles. The van der Waals surface area contributed by atoms with E-state index in [2.05, 4.69) is 10.6 Å². The number of carbonyl (C=O) groups is 4. The molecule has 11 heteroatoms. The van der Waals surface area contributed by atoms with Crippen LogP contribution in [-0.4, -0.2) is 73.7 Å². The first-order valence-corrected chi connectivity index (χ1v) is 9.71. The normalized spacial score (nSPS) is 14.4. The number of hydrogen-bond acceptors (Lipinski definition) is 8. The Balaban J connectivity index is 2.33. The Morgan fingerprint density at radius 2 is 1.97 bits per heavy atom. The molecule has 1 aliphatic rings. The number of benzene rings is 1. The van der Waals surface area contributed by atoms with Crippen LogP contribution in [0.3, 0.4) is 0 Å². The van der Waals surface area contributed by atoms with Crippen LogP contribution < -0.4 is 10.6 Å². The topological polar surface area (TPSA) is 134 Å². The Bertz CT molecular complexity index is 916. The van der Waals surface area contributed by atoms with Gasteiger partial charge in [-0.2, -0.15) is 0 Å². The highest BCUT2D eigenvalue weighted by molar-refractivity contribution is 6.31. The molecule has 0 radical (unpaired) electrons. The number of hydrogen-bond donors (Lipinski definition) is 3. The minimum absolute atomic E-state index is 0.00178. The molecule has 0 saturated carbocycles. The molecule has 0 aromatic heterocycles. The fourth-order valence-electron chi connectivity index (χ4n) is 3.10. The number of methoxy groups -OCH3 is 2. The number of nitrogens with zero attached hydrogens (tertiary/aromatic N) is 1. The van der Waals surface area contributed by atoms with E-state index in [0.29, 0.717) is 16.3 Å². The summed E-state index contributed by atoms with van der Waals surface area (Å²) < 4.78 is 9.48. The fourth-order valence-corrected chi connectivity index (χ4v) is 3.30. The van der Waals surface area contributed by atoms with Gasteiger partial charge < -0.3 is 30.1 Å². The van der Waals surface area contributed by atoms with Crippen LogP contribution in [0.5, 0.6) is 0 Å². The highest BCUT2D eigenvalue weighted by Gasteiger charge is 2.34. The summed E-state index contributed by atoms with van der Waals surface area (Å²) in [6.07, 6.45) is 0.0497. The summed E-state index contributed by atoms with van der Waals surface area (Å²) in [5.74, 6) is -2.17. The Morgan fingerprint density at radius 1 is 1.26 bits per heavy atom. The van der Waals surface area contributed by atoms with Crippen molar-refractivity contribution in [1.29, 1.82) is 0 Å². The zero-order valence-corrected chi connectivity index (χ0v) is 18.1. The molecule has 0 fully saturated rings. The van der Waals surface area contributed by atoms with E-state index in [9.17, 15) is 19.2 Å². The van der Waals surface area contributed by atoms with Crippen LogP contribution in [0.15, 0.2) is 29.5 Å². The lowest BCUT2D eigenvalue weighted by Crippen LogP contribution is -2.42. The fraction of sp³-hybridized carbons (Fsp3) is 0.400. The van der Waals surface area contributed by atoms with Crippen LogP contribution in [0.4, 0.5) is 5.69 Å². The summed E-state index contributed by atoms with van der Waals surface area (Å²) in [4.78, 5) is 49.5. The van der Waals surface area contributed by atoms with Gasteiger partial charge in [0.1, 0.15) is 11.7 Å². The maximum Gasteiger partial charge on any atom is 0.337 e. The number of ether oxygens (including phenoxy) is 2. The smallest absolute Gasteiger partial charge is 0.337 e. The predicted octanol–water partition coefficient (Wildman–Crippen LogP) is 0.234. The average Bonchev–Trinajstić information content (AvgIpc) is 3.04. The largest absolute Gasteiger partial charge is 0.467 e. The van der Waals surface area contributed by atoms with E-state index < -0.39 is 29.8 Å². The van der Waals surface area contributed by atoms with Gasteiger partial charge in [0.15, 0.2) is 0 Å². The molecule has 168 valence electrons. The molecule has 1 heterocycles. The SMILES string of the molecule is COC(=O)C1=C(Nc2ccc(Cl)c(CC(NC(C)=O)C(=O)OC)c2)C(=O)N(CCO)C1. The van der Waals surface area contributed by atoms with Crippen LogP contribution in [0.1, 0.15) is 12.5 Å². The van der Waals surface area contributed by atoms with E-state index in [-0.39, 0.29) is 37.4 Å². The third kappa shape index (κ3) is 5.96. The summed E-state index contributed by atoms with van der Waals surface area (Å²) in [6, 6.07) is 3.81. The van der Waals surface area contributed by atoms with Gasteiger partial charge in [-0.05, 0) is 23.8 Å². The summed E-state index contributed by atoms with van der Waals surface area (Å²) >= 11 is 6.25. The van der Waals surface area contributed by atoms with Gasteiger partial charge in [-0.15, -0.1) is 0 Å². The molecule has 2 amide bonds. The molecule has 2 rings (SSSR count). The molecule has 3 N–H and O–H groups in total.